The normalized spacial score (nSPS) is 20.8. The van der Waals surface area contributed by atoms with Crippen LogP contribution in [0.15, 0.2) is 48.7 Å². The van der Waals surface area contributed by atoms with Crippen LogP contribution in [0.4, 0.5) is 0 Å². The number of rotatable bonds is 4. The van der Waals surface area contributed by atoms with Gasteiger partial charge in [-0.1, -0.05) is 30.3 Å². The average Bonchev–Trinajstić information content (AvgIpc) is 2.61. The van der Waals surface area contributed by atoms with Gasteiger partial charge in [-0.2, -0.15) is 0 Å². The Kier molecular flexibility index (Phi) is 5.26. The summed E-state index contributed by atoms with van der Waals surface area (Å²) < 4.78 is 5.99. The number of ether oxygens (including phenoxy) is 1. The summed E-state index contributed by atoms with van der Waals surface area (Å²) in [6, 6.07) is 14.2. The summed E-state index contributed by atoms with van der Waals surface area (Å²) in [5.74, 6) is 0.176. The summed E-state index contributed by atoms with van der Waals surface area (Å²) in [7, 11) is 0. The maximum Gasteiger partial charge on any atom is 0.223 e. The summed E-state index contributed by atoms with van der Waals surface area (Å²) in [4.78, 5) is 18.9. The molecule has 1 fully saturated rings. The van der Waals surface area contributed by atoms with E-state index in [4.69, 9.17) is 4.74 Å². The Labute approximate surface area is 143 Å². The molecule has 0 unspecified atom stereocenters. The molecular weight excluding hydrogens is 300 g/mol. The number of nitrogens with zero attached hydrogens (tertiary/aromatic N) is 2. The Balaban J connectivity index is 1.65. The molecule has 1 aromatic carbocycles. The average molecular weight is 324 g/mol. The van der Waals surface area contributed by atoms with Gasteiger partial charge in [0.25, 0.3) is 0 Å². The molecule has 0 aliphatic carbocycles. The van der Waals surface area contributed by atoms with Gasteiger partial charge in [-0.3, -0.25) is 9.78 Å². The molecule has 2 atom stereocenters. The zero-order valence-electron chi connectivity index (χ0n) is 14.3. The number of aryl methyl sites for hydroxylation is 2. The van der Waals surface area contributed by atoms with Gasteiger partial charge in [0, 0.05) is 18.3 Å². The molecule has 1 aliphatic rings. The molecule has 3 rings (SSSR count). The maximum atomic E-state index is 12.7. The number of amides is 1. The van der Waals surface area contributed by atoms with Gasteiger partial charge >= 0.3 is 0 Å². The molecule has 0 radical (unpaired) electrons. The number of pyridine rings is 1. The van der Waals surface area contributed by atoms with Gasteiger partial charge in [-0.15, -0.1) is 0 Å². The van der Waals surface area contributed by atoms with Crippen molar-refractivity contribution in [1.82, 2.24) is 9.88 Å². The first-order chi connectivity index (χ1) is 11.6. The predicted octanol–water partition coefficient (Wildman–Crippen LogP) is 3.31. The topological polar surface area (TPSA) is 42.4 Å². The van der Waals surface area contributed by atoms with Crippen LogP contribution in [0.2, 0.25) is 0 Å². The Hall–Kier alpha value is -2.20. The highest BCUT2D eigenvalue weighted by atomic mass is 16.5. The highest BCUT2D eigenvalue weighted by molar-refractivity contribution is 5.77. The second kappa shape index (κ2) is 7.58. The fourth-order valence-electron chi connectivity index (χ4n) is 3.17. The van der Waals surface area contributed by atoms with Crippen molar-refractivity contribution < 1.29 is 9.53 Å². The first-order valence-electron chi connectivity index (χ1n) is 8.51. The fourth-order valence-corrected chi connectivity index (χ4v) is 3.17. The second-order valence-corrected chi connectivity index (χ2v) is 6.39. The van der Waals surface area contributed by atoms with E-state index >= 15 is 0 Å². The number of morpholine rings is 1. The lowest BCUT2D eigenvalue weighted by atomic mass is 10.0. The molecule has 4 heteroatoms. The number of hydrogen-bond acceptors (Lipinski definition) is 3. The quantitative estimate of drug-likeness (QED) is 0.866. The summed E-state index contributed by atoms with van der Waals surface area (Å²) in [5.41, 5.74) is 3.34. The molecule has 1 aliphatic heterocycles. The first kappa shape index (κ1) is 16.7. The van der Waals surface area contributed by atoms with E-state index in [0.717, 1.165) is 5.69 Å². The van der Waals surface area contributed by atoms with Gasteiger partial charge in [0.1, 0.15) is 6.10 Å². The maximum absolute atomic E-state index is 12.7. The van der Waals surface area contributed by atoms with Crippen molar-refractivity contribution in [2.75, 3.05) is 13.2 Å². The van der Waals surface area contributed by atoms with Crippen molar-refractivity contribution in [1.29, 1.82) is 0 Å². The van der Waals surface area contributed by atoms with Gasteiger partial charge < -0.3 is 9.64 Å². The zero-order chi connectivity index (χ0) is 16.9. The van der Waals surface area contributed by atoms with E-state index in [-0.39, 0.29) is 18.1 Å². The molecule has 0 bridgehead atoms. The molecule has 2 aromatic rings. The van der Waals surface area contributed by atoms with Crippen LogP contribution in [0.1, 0.15) is 36.3 Å². The van der Waals surface area contributed by atoms with Crippen molar-refractivity contribution in [3.05, 3.63) is 65.5 Å². The molecule has 0 saturated carbocycles. The van der Waals surface area contributed by atoms with Crippen LogP contribution in [0, 0.1) is 6.92 Å². The summed E-state index contributed by atoms with van der Waals surface area (Å²) >= 11 is 0. The van der Waals surface area contributed by atoms with Crippen molar-refractivity contribution in [3.63, 3.8) is 0 Å². The molecule has 126 valence electrons. The van der Waals surface area contributed by atoms with Crippen molar-refractivity contribution in [2.45, 2.75) is 38.8 Å². The van der Waals surface area contributed by atoms with Crippen LogP contribution in [0.3, 0.4) is 0 Å². The van der Waals surface area contributed by atoms with Gasteiger partial charge in [0.05, 0.1) is 19.2 Å². The monoisotopic (exact) mass is 324 g/mol. The highest BCUT2D eigenvalue weighted by Crippen LogP contribution is 2.27. The smallest absolute Gasteiger partial charge is 0.223 e. The van der Waals surface area contributed by atoms with Gasteiger partial charge in [0.2, 0.25) is 5.91 Å². The Morgan fingerprint density at radius 2 is 2.04 bits per heavy atom. The third kappa shape index (κ3) is 3.82. The second-order valence-electron chi connectivity index (χ2n) is 6.39. The highest BCUT2D eigenvalue weighted by Gasteiger charge is 2.30. The Morgan fingerprint density at radius 3 is 2.79 bits per heavy atom. The molecule has 2 heterocycles. The van der Waals surface area contributed by atoms with E-state index in [1.807, 2.05) is 42.2 Å². The molecular formula is C20H24N2O2. The van der Waals surface area contributed by atoms with Gasteiger partial charge in [0.15, 0.2) is 0 Å². The lowest BCUT2D eigenvalue weighted by Gasteiger charge is -2.38. The minimum absolute atomic E-state index is 0.0406. The minimum atomic E-state index is -0.0406. The molecule has 1 saturated heterocycles. The summed E-state index contributed by atoms with van der Waals surface area (Å²) in [6.45, 7) is 5.33. The number of hydrogen-bond donors (Lipinski definition) is 0. The fraction of sp³-hybridized carbons (Fsp3) is 0.400. The molecule has 1 amide bonds. The molecule has 4 nitrogen and oxygen atoms in total. The molecule has 1 aromatic heterocycles. The molecule has 24 heavy (non-hydrogen) atoms. The van der Waals surface area contributed by atoms with Crippen molar-refractivity contribution in [2.24, 2.45) is 0 Å². The van der Waals surface area contributed by atoms with Crippen LogP contribution in [-0.4, -0.2) is 35.0 Å². The van der Waals surface area contributed by atoms with E-state index in [1.54, 1.807) is 6.20 Å². The van der Waals surface area contributed by atoms with E-state index in [2.05, 4.69) is 24.0 Å². The van der Waals surface area contributed by atoms with E-state index in [9.17, 15) is 4.79 Å². The first-order valence-corrected chi connectivity index (χ1v) is 8.51. The largest absolute Gasteiger partial charge is 0.370 e. The predicted molar refractivity (Wildman–Crippen MR) is 93.6 cm³/mol. The van der Waals surface area contributed by atoms with Gasteiger partial charge in [-0.05, 0) is 43.5 Å². The van der Waals surface area contributed by atoms with Crippen molar-refractivity contribution >= 4 is 5.91 Å². The molecule has 0 N–H and O–H groups in total. The van der Waals surface area contributed by atoms with Crippen LogP contribution in [-0.2, 0) is 16.0 Å². The summed E-state index contributed by atoms with van der Waals surface area (Å²) in [6.07, 6.45) is 2.90. The Morgan fingerprint density at radius 1 is 1.25 bits per heavy atom. The van der Waals surface area contributed by atoms with Gasteiger partial charge in [-0.25, -0.2) is 0 Å². The number of aromatic nitrogens is 1. The number of carbonyl (C=O) groups is 1. The van der Waals surface area contributed by atoms with E-state index < -0.39 is 0 Å². The van der Waals surface area contributed by atoms with Crippen LogP contribution in [0.5, 0.6) is 0 Å². The van der Waals surface area contributed by atoms with Crippen molar-refractivity contribution in [3.8, 4) is 0 Å². The Bertz CT molecular complexity index is 687. The SMILES string of the molecule is Cc1ccccc1[C@H]1CN(C(=O)CCc2ccccn2)[C@H](C)CO1. The zero-order valence-corrected chi connectivity index (χ0v) is 14.3. The van der Waals surface area contributed by atoms with Crippen LogP contribution >= 0.6 is 0 Å². The van der Waals surface area contributed by atoms with E-state index in [1.165, 1.54) is 11.1 Å². The molecule has 0 spiro atoms. The lowest BCUT2D eigenvalue weighted by Crippen LogP contribution is -2.48. The number of benzene rings is 1. The minimum Gasteiger partial charge on any atom is -0.370 e. The summed E-state index contributed by atoms with van der Waals surface area (Å²) in [5, 5.41) is 0. The van der Waals surface area contributed by atoms with Crippen LogP contribution in [0.25, 0.3) is 0 Å². The number of carbonyl (C=O) groups excluding carboxylic acids is 1. The van der Waals surface area contributed by atoms with Crippen LogP contribution < -0.4 is 0 Å². The lowest BCUT2D eigenvalue weighted by molar-refractivity contribution is -0.144. The standard InChI is InChI=1S/C20H24N2O2/c1-15-7-3-4-9-18(15)19-13-22(16(2)14-24-19)20(23)11-10-17-8-5-6-12-21-17/h3-9,12,16,19H,10-11,13-14H2,1-2H3/t16-,19-/m1/s1. The third-order valence-corrected chi connectivity index (χ3v) is 4.61. The third-order valence-electron chi connectivity index (χ3n) is 4.61. The van der Waals surface area contributed by atoms with E-state index in [0.29, 0.717) is 26.0 Å².